The minimum Gasteiger partial charge on any atom is -0.388 e. The van der Waals surface area contributed by atoms with E-state index < -0.39 is 6.10 Å². The van der Waals surface area contributed by atoms with Gasteiger partial charge in [0.1, 0.15) is 0 Å². The second-order valence-corrected chi connectivity index (χ2v) is 2.79. The van der Waals surface area contributed by atoms with Crippen LogP contribution in [0.1, 0.15) is 26.2 Å². The zero-order chi connectivity index (χ0) is 8.97. The zero-order valence-electron chi connectivity index (χ0n) is 7.13. The van der Waals surface area contributed by atoms with Gasteiger partial charge in [0.25, 0.3) is 0 Å². The maximum Gasteiger partial charge on any atom is 0.158 e. The number of ketones is 1. The first-order valence-electron chi connectivity index (χ1n) is 4.11. The third-order valence-electron chi connectivity index (χ3n) is 1.76. The molecule has 64 valence electrons. The first kappa shape index (κ1) is 9.02. The van der Waals surface area contributed by atoms with Gasteiger partial charge in [0, 0.05) is 19.3 Å². The number of carbonyl (C=O) groups is 1. The maximum atomic E-state index is 10.8. The second-order valence-electron chi connectivity index (χ2n) is 2.79. The summed E-state index contributed by atoms with van der Waals surface area (Å²) < 4.78 is 0. The fraction of sp³-hybridized carbons (Fsp3) is 0.500. The Hall–Kier alpha value is -1.07. The van der Waals surface area contributed by atoms with Crippen molar-refractivity contribution in [3.63, 3.8) is 0 Å². The van der Waals surface area contributed by atoms with E-state index in [0.29, 0.717) is 6.42 Å². The molecule has 1 atom stereocenters. The monoisotopic (exact) mass is 164 g/mol. The number of aliphatic hydroxyl groups excluding tert-OH is 1. The van der Waals surface area contributed by atoms with Gasteiger partial charge in [-0.1, -0.05) is 12.8 Å². The van der Waals surface area contributed by atoms with Gasteiger partial charge in [-0.3, -0.25) is 4.79 Å². The number of carbonyl (C=O) groups excluding carboxylic acids is 1. The molecule has 0 fully saturated rings. The lowest BCUT2D eigenvalue weighted by Gasteiger charge is -2.01. The molecule has 0 aliphatic heterocycles. The molecule has 0 amide bonds. The van der Waals surface area contributed by atoms with Crippen LogP contribution >= 0.6 is 0 Å². The van der Waals surface area contributed by atoms with E-state index in [1.807, 2.05) is 6.92 Å². The van der Waals surface area contributed by atoms with Gasteiger partial charge in [-0.05, 0) is 11.6 Å². The van der Waals surface area contributed by atoms with E-state index in [2.05, 4.69) is 11.8 Å². The normalized spacial score (nSPS) is 21.7. The number of aliphatic hydroxyl groups is 1. The quantitative estimate of drug-likeness (QED) is 0.588. The van der Waals surface area contributed by atoms with Crippen LogP contribution < -0.4 is 0 Å². The van der Waals surface area contributed by atoms with Crippen LogP contribution in [-0.4, -0.2) is 17.0 Å². The minimum absolute atomic E-state index is 0.01000. The third-order valence-corrected chi connectivity index (χ3v) is 1.76. The molecule has 0 aromatic carbocycles. The van der Waals surface area contributed by atoms with Crippen LogP contribution in [0.15, 0.2) is 11.6 Å². The lowest BCUT2D eigenvalue weighted by molar-refractivity contribution is -0.114. The Morgan fingerprint density at radius 3 is 2.92 bits per heavy atom. The largest absolute Gasteiger partial charge is 0.388 e. The van der Waals surface area contributed by atoms with Crippen LogP contribution in [0.2, 0.25) is 0 Å². The van der Waals surface area contributed by atoms with Crippen molar-refractivity contribution in [2.45, 2.75) is 32.3 Å². The molecule has 12 heavy (non-hydrogen) atoms. The molecule has 2 nitrogen and oxygen atoms in total. The van der Waals surface area contributed by atoms with Gasteiger partial charge in [-0.2, -0.15) is 0 Å². The predicted molar refractivity (Wildman–Crippen MR) is 46.4 cm³/mol. The van der Waals surface area contributed by atoms with Crippen molar-refractivity contribution in [1.82, 2.24) is 0 Å². The van der Waals surface area contributed by atoms with E-state index in [0.717, 1.165) is 12.0 Å². The van der Waals surface area contributed by atoms with E-state index in [4.69, 9.17) is 0 Å². The predicted octanol–water partition coefficient (Wildman–Crippen LogP) is 1.05. The molecule has 0 saturated carbocycles. The molecule has 0 saturated heterocycles. The summed E-state index contributed by atoms with van der Waals surface area (Å²) in [7, 11) is 0. The Labute approximate surface area is 72.3 Å². The SMILES string of the molecule is CCC#CCC1=CC(=O)CC1O. The smallest absolute Gasteiger partial charge is 0.158 e. The first-order valence-corrected chi connectivity index (χ1v) is 4.11. The average Bonchev–Trinajstić information content (AvgIpc) is 2.31. The number of hydrogen-bond acceptors (Lipinski definition) is 2. The summed E-state index contributed by atoms with van der Waals surface area (Å²) in [6.07, 6.45) is 2.51. The van der Waals surface area contributed by atoms with Gasteiger partial charge in [0.15, 0.2) is 5.78 Å². The Morgan fingerprint density at radius 1 is 1.67 bits per heavy atom. The highest BCUT2D eigenvalue weighted by Crippen LogP contribution is 2.18. The highest BCUT2D eigenvalue weighted by molar-refractivity contribution is 5.94. The lowest BCUT2D eigenvalue weighted by atomic mass is 10.1. The Morgan fingerprint density at radius 2 is 2.42 bits per heavy atom. The van der Waals surface area contributed by atoms with E-state index in [-0.39, 0.29) is 12.2 Å². The van der Waals surface area contributed by atoms with Crippen molar-refractivity contribution in [3.8, 4) is 11.8 Å². The standard InChI is InChI=1S/C10H12O2/c1-2-3-4-5-8-6-9(11)7-10(8)12/h6,10,12H,2,5,7H2,1H3. The van der Waals surface area contributed by atoms with Crippen LogP contribution in [0.5, 0.6) is 0 Å². The van der Waals surface area contributed by atoms with Gasteiger partial charge in [0.2, 0.25) is 0 Å². The van der Waals surface area contributed by atoms with Crippen molar-refractivity contribution in [3.05, 3.63) is 11.6 Å². The van der Waals surface area contributed by atoms with Gasteiger partial charge in [-0.25, -0.2) is 0 Å². The molecule has 0 spiro atoms. The second kappa shape index (κ2) is 4.08. The Kier molecular flexibility index (Phi) is 3.07. The molecule has 1 N–H and O–H groups in total. The lowest BCUT2D eigenvalue weighted by Crippen LogP contribution is -2.05. The molecule has 0 aromatic heterocycles. The molecule has 0 heterocycles. The van der Waals surface area contributed by atoms with Crippen molar-refractivity contribution >= 4 is 5.78 Å². The van der Waals surface area contributed by atoms with Gasteiger partial charge >= 0.3 is 0 Å². The summed E-state index contributed by atoms with van der Waals surface area (Å²) >= 11 is 0. The molecule has 1 aliphatic carbocycles. The summed E-state index contributed by atoms with van der Waals surface area (Å²) in [6, 6.07) is 0. The highest BCUT2D eigenvalue weighted by Gasteiger charge is 2.20. The molecular formula is C10H12O2. The third kappa shape index (κ3) is 2.21. The molecule has 2 heteroatoms. The molecule has 0 radical (unpaired) electrons. The summed E-state index contributed by atoms with van der Waals surface area (Å²) in [5.41, 5.74) is 0.765. The van der Waals surface area contributed by atoms with Crippen LogP contribution in [0.4, 0.5) is 0 Å². The molecular weight excluding hydrogens is 152 g/mol. The molecule has 1 unspecified atom stereocenters. The zero-order valence-corrected chi connectivity index (χ0v) is 7.13. The topological polar surface area (TPSA) is 37.3 Å². The molecule has 1 rings (SSSR count). The van der Waals surface area contributed by atoms with Gasteiger partial charge in [0.05, 0.1) is 6.10 Å². The number of hydrogen-bond donors (Lipinski definition) is 1. The average molecular weight is 164 g/mol. The van der Waals surface area contributed by atoms with Crippen molar-refractivity contribution in [1.29, 1.82) is 0 Å². The van der Waals surface area contributed by atoms with E-state index in [1.54, 1.807) is 0 Å². The van der Waals surface area contributed by atoms with Crippen molar-refractivity contribution in [2.24, 2.45) is 0 Å². The molecule has 1 aliphatic rings. The van der Waals surface area contributed by atoms with E-state index in [1.165, 1.54) is 6.08 Å². The van der Waals surface area contributed by atoms with Crippen LogP contribution in [0.25, 0.3) is 0 Å². The highest BCUT2D eigenvalue weighted by atomic mass is 16.3. The minimum atomic E-state index is -0.580. The fourth-order valence-electron chi connectivity index (χ4n) is 1.14. The van der Waals surface area contributed by atoms with Gasteiger partial charge < -0.3 is 5.11 Å². The number of rotatable bonds is 1. The summed E-state index contributed by atoms with van der Waals surface area (Å²) in [4.78, 5) is 10.8. The summed E-state index contributed by atoms with van der Waals surface area (Å²) in [5.74, 6) is 5.80. The number of allylic oxidation sites excluding steroid dienone is 1. The summed E-state index contributed by atoms with van der Waals surface area (Å²) in [6.45, 7) is 1.97. The summed E-state index contributed by atoms with van der Waals surface area (Å²) in [5, 5.41) is 9.30. The van der Waals surface area contributed by atoms with Gasteiger partial charge in [-0.15, -0.1) is 5.92 Å². The maximum absolute atomic E-state index is 10.8. The van der Waals surface area contributed by atoms with E-state index in [9.17, 15) is 9.90 Å². The van der Waals surface area contributed by atoms with Crippen LogP contribution in [0.3, 0.4) is 0 Å². The van der Waals surface area contributed by atoms with Crippen molar-refractivity contribution in [2.75, 3.05) is 0 Å². The van der Waals surface area contributed by atoms with Crippen molar-refractivity contribution < 1.29 is 9.90 Å². The first-order chi connectivity index (χ1) is 5.74. The van der Waals surface area contributed by atoms with Crippen LogP contribution in [0, 0.1) is 11.8 Å². The Balaban J connectivity index is 2.52. The van der Waals surface area contributed by atoms with E-state index >= 15 is 0 Å². The Bertz CT molecular complexity index is 265. The fourth-order valence-corrected chi connectivity index (χ4v) is 1.14. The molecule has 0 bridgehead atoms. The molecule has 0 aromatic rings. The van der Waals surface area contributed by atoms with Crippen LogP contribution in [-0.2, 0) is 4.79 Å².